The van der Waals surface area contributed by atoms with Crippen LogP contribution in [0.5, 0.6) is 5.75 Å². The van der Waals surface area contributed by atoms with Crippen molar-refractivity contribution in [2.45, 2.75) is 228 Å². The highest BCUT2D eigenvalue weighted by Crippen LogP contribution is 2.24. The number of para-hydroxylation sites is 1. The van der Waals surface area contributed by atoms with E-state index in [1.54, 1.807) is 37.4 Å². The lowest BCUT2D eigenvalue weighted by molar-refractivity contribution is -0.144. The topological polar surface area (TPSA) is 778 Å². The summed E-state index contributed by atoms with van der Waals surface area (Å²) in [5.74, 6) is -27.2. The van der Waals surface area contributed by atoms with Crippen LogP contribution in [-0.2, 0) is 114 Å². The Labute approximate surface area is 766 Å². The molecule has 28 N–H and O–H groups in total. The van der Waals surface area contributed by atoms with Gasteiger partial charge < -0.3 is 147 Å². The van der Waals surface area contributed by atoms with Gasteiger partial charge in [0.1, 0.15) is 96.4 Å². The molecule has 1 aromatic heterocycles. The molecule has 0 bridgehead atoms. The predicted molar refractivity (Wildman–Crippen MR) is 469 cm³/mol. The molecule has 1 aliphatic heterocycles. The van der Waals surface area contributed by atoms with Crippen molar-refractivity contribution in [3.8, 4) is 5.75 Å². The number of carbonyl (C=O) groups excluding carboxylic acids is 17. The van der Waals surface area contributed by atoms with E-state index in [4.69, 9.17) is 10.8 Å². The molecular weight excluding hydrogens is 1780 g/mol. The fraction of sp³-hybridized carbons (Fsp3) is 0.568. The summed E-state index contributed by atoms with van der Waals surface area (Å²) in [6.45, 7) is 6.53. The number of aliphatic hydroxyl groups excluding tert-OH is 4. The van der Waals surface area contributed by atoms with Crippen molar-refractivity contribution in [3.05, 3.63) is 65.9 Å². The fourth-order valence-corrected chi connectivity index (χ4v) is 13.8. The molecular formula is C81H119N19O30S2. The first-order valence-corrected chi connectivity index (χ1v) is 43.9. The van der Waals surface area contributed by atoms with Crippen molar-refractivity contribution >= 4 is 160 Å². The summed E-state index contributed by atoms with van der Waals surface area (Å²) in [5.41, 5.74) is 6.93. The molecule has 730 valence electrons. The lowest BCUT2D eigenvalue weighted by atomic mass is 9.95. The van der Waals surface area contributed by atoms with Crippen molar-refractivity contribution in [2.24, 2.45) is 17.6 Å². The number of carboxylic acids is 4. The Morgan fingerprint density at radius 2 is 0.955 bits per heavy atom. The number of thioether (sulfide) groups is 1. The number of benzene rings is 2. The third-order valence-corrected chi connectivity index (χ3v) is 21.8. The smallest absolute Gasteiger partial charge is 0.325 e. The summed E-state index contributed by atoms with van der Waals surface area (Å²) < 4.78 is 0. The van der Waals surface area contributed by atoms with Crippen LogP contribution in [0.1, 0.15) is 118 Å². The first kappa shape index (κ1) is 111. The summed E-state index contributed by atoms with van der Waals surface area (Å²) in [6.07, 6.45) is -4.15. The lowest BCUT2D eigenvalue weighted by Gasteiger charge is -2.33. The van der Waals surface area contributed by atoms with Crippen LogP contribution in [0.15, 0.2) is 54.7 Å². The number of fused-ring (bicyclic) bond motifs is 1. The number of rotatable bonds is 56. The number of aromatic hydroxyl groups is 1. The molecule has 51 heteroatoms. The maximum absolute atomic E-state index is 14.6. The number of phenols is 1. The third kappa shape index (κ3) is 35.8. The van der Waals surface area contributed by atoms with Gasteiger partial charge in [0.25, 0.3) is 0 Å². The molecule has 49 nitrogen and oxygen atoms in total. The molecule has 132 heavy (non-hydrogen) atoms. The lowest BCUT2D eigenvalue weighted by Crippen LogP contribution is -2.63. The molecule has 17 amide bonds. The Kier molecular flexibility index (Phi) is 46.2. The molecule has 2 heterocycles. The number of carbonyl (C=O) groups is 21. The van der Waals surface area contributed by atoms with E-state index in [1.165, 1.54) is 69.9 Å². The number of aromatic nitrogens is 1. The quantitative estimate of drug-likeness (QED) is 0.0233. The van der Waals surface area contributed by atoms with Gasteiger partial charge in [0.05, 0.1) is 57.4 Å². The minimum absolute atomic E-state index is 0.0153. The molecule has 1 aliphatic rings. The van der Waals surface area contributed by atoms with E-state index >= 15 is 0 Å². The van der Waals surface area contributed by atoms with E-state index in [9.17, 15) is 142 Å². The molecule has 1 fully saturated rings. The van der Waals surface area contributed by atoms with Gasteiger partial charge in [-0.2, -0.15) is 24.4 Å². The Morgan fingerprint density at radius 3 is 1.48 bits per heavy atom. The summed E-state index contributed by atoms with van der Waals surface area (Å²) in [5, 5.41) is 128. The Balaban J connectivity index is 1.49. The Morgan fingerprint density at radius 1 is 0.492 bits per heavy atom. The number of phenolic OH excluding ortho intramolecular Hbond substituents is 1. The minimum atomic E-state index is -2.08. The van der Waals surface area contributed by atoms with Crippen LogP contribution in [0.4, 0.5) is 0 Å². The average molecular weight is 1900 g/mol. The van der Waals surface area contributed by atoms with Crippen LogP contribution >= 0.6 is 24.4 Å². The van der Waals surface area contributed by atoms with Gasteiger partial charge in [0.2, 0.25) is 100 Å². The standard InChI is InChI=1S/C81H119N19O30S2/c1-10-37(4)63(97-72(120)52(29-61(112)113)91-69(117)51(28-60(110)111)88-58(107)32-84-66(114)38(5)87-67(115)46(82)21-22-59(108)109)78(126)96-62(36(2)3)80(128)100-24-13-16-56(100)76(124)95-55(35-131)75(123)94-53(33-101)73(121)89-48(23-25-132-9)68(116)93-54(34-102)74(122)90-49(26-42-17-19-44(105)20-18-42)70(118)99-65(41(8)104)79(127)92-50(27-43-30-83-47-15-12-11-14-45(43)47)71(119)98-64(40(7)103)77(125)85-31-57(106)86-39(6)81(129)130/h11-12,14-15,17-20,30,36-41,46,48-56,62-65,83,101-105,131H,10,13,16,21-29,31-35,82H2,1-9H3,(H,84,114)(H,85,125)(H,86,106)(H,87,115)(H,88,107)(H,89,121)(H,90,122)(H,91,117)(H,92,127)(H,93,116)(H,94,123)(H,95,124)(H,96,126)(H,97,120)(H,98,119)(H,99,118)(H,108,109)(H,110,111)(H,112,113)(H,129,130). The van der Waals surface area contributed by atoms with Gasteiger partial charge in [0.15, 0.2) is 0 Å². The second-order valence-corrected chi connectivity index (χ2v) is 32.9. The first-order chi connectivity index (χ1) is 62.1. The van der Waals surface area contributed by atoms with Crippen LogP contribution < -0.4 is 90.8 Å². The average Bonchev–Trinajstić information content (AvgIpc) is 1.67. The summed E-state index contributed by atoms with van der Waals surface area (Å²) in [4.78, 5) is 285. The summed E-state index contributed by atoms with van der Waals surface area (Å²) in [6, 6.07) is -15.1. The van der Waals surface area contributed by atoms with E-state index in [2.05, 4.69) is 97.4 Å². The second kappa shape index (κ2) is 54.7. The molecule has 1 saturated heterocycles. The molecule has 4 rings (SSSR count). The van der Waals surface area contributed by atoms with Crippen molar-refractivity contribution in [2.75, 3.05) is 50.6 Å². The van der Waals surface area contributed by atoms with Gasteiger partial charge >= 0.3 is 23.9 Å². The van der Waals surface area contributed by atoms with E-state index in [0.717, 1.165) is 25.7 Å². The van der Waals surface area contributed by atoms with Gasteiger partial charge in [-0.05, 0) is 107 Å². The zero-order chi connectivity index (χ0) is 99.2. The number of hydrogen-bond acceptors (Lipinski definition) is 29. The third-order valence-electron chi connectivity index (χ3n) is 20.8. The molecule has 0 radical (unpaired) electrons. The number of likely N-dealkylation sites (tertiary alicyclic amines) is 1. The van der Waals surface area contributed by atoms with Crippen molar-refractivity contribution in [1.82, 2.24) is 95.0 Å². The normalized spacial score (nSPS) is 16.4. The number of nitrogens with two attached hydrogens (primary N) is 1. The number of carboxylic acid groups (broad SMARTS) is 4. The SMILES string of the molecule is CCC(C)C(NC(=O)C(CC(=O)O)NC(=O)C(CC(=O)O)NC(=O)CNC(=O)C(C)NC(=O)C(N)CCC(=O)O)C(=O)NC(C(=O)N1CCCC1C(=O)NC(CS)C(=O)NC(CO)C(=O)NC(CCSC)C(=O)NC(CO)C(=O)NC(Cc1ccc(O)cc1)C(=O)NC(C(=O)NC(Cc1c[nH]c2ccccc12)C(=O)NC(C(=O)NCC(=O)NC(C)C(=O)O)C(C)O)C(C)O)C(C)C. The molecule has 0 aliphatic carbocycles. The summed E-state index contributed by atoms with van der Waals surface area (Å²) in [7, 11) is 0. The number of thiol groups is 1. The number of aliphatic hydroxyl groups is 4. The molecule has 3 aromatic rings. The van der Waals surface area contributed by atoms with Crippen LogP contribution in [0.3, 0.4) is 0 Å². The van der Waals surface area contributed by atoms with Crippen molar-refractivity contribution < 1.29 is 147 Å². The second-order valence-electron chi connectivity index (χ2n) is 31.6. The van der Waals surface area contributed by atoms with Gasteiger partial charge in [-0.25, -0.2) is 0 Å². The number of nitrogens with one attached hydrogen (secondary N) is 17. The Bertz CT molecular complexity index is 4600. The predicted octanol–water partition coefficient (Wildman–Crippen LogP) is -8.93. The number of aromatic amines is 1. The van der Waals surface area contributed by atoms with E-state index in [-0.39, 0.29) is 62.1 Å². The molecule has 0 saturated carbocycles. The zero-order valence-corrected chi connectivity index (χ0v) is 75.5. The van der Waals surface area contributed by atoms with Gasteiger partial charge in [0, 0.05) is 48.7 Å². The Hall–Kier alpha value is -12.9. The van der Waals surface area contributed by atoms with E-state index in [0.29, 0.717) is 16.5 Å². The van der Waals surface area contributed by atoms with Crippen LogP contribution in [-0.4, -0.2) is 340 Å². The van der Waals surface area contributed by atoms with Gasteiger partial charge in [-0.3, -0.25) is 101 Å². The molecule has 19 atom stereocenters. The number of H-pyrrole nitrogens is 1. The van der Waals surface area contributed by atoms with Crippen LogP contribution in [0.2, 0.25) is 0 Å². The minimum Gasteiger partial charge on any atom is -0.508 e. The first-order valence-electron chi connectivity index (χ1n) is 41.8. The van der Waals surface area contributed by atoms with Crippen molar-refractivity contribution in [3.63, 3.8) is 0 Å². The monoisotopic (exact) mass is 1900 g/mol. The zero-order valence-electron chi connectivity index (χ0n) is 73.7. The van der Waals surface area contributed by atoms with Crippen LogP contribution in [0.25, 0.3) is 10.9 Å². The summed E-state index contributed by atoms with van der Waals surface area (Å²) >= 11 is 5.41. The van der Waals surface area contributed by atoms with Gasteiger partial charge in [-0.15, -0.1) is 0 Å². The van der Waals surface area contributed by atoms with E-state index in [1.807, 2.05) is 5.32 Å². The highest BCUT2D eigenvalue weighted by Gasteiger charge is 2.44. The highest BCUT2D eigenvalue weighted by atomic mass is 32.2. The molecule has 0 spiro atoms. The van der Waals surface area contributed by atoms with Crippen molar-refractivity contribution in [1.29, 1.82) is 0 Å². The fourth-order valence-electron chi connectivity index (χ4n) is 13.1. The number of amides is 17. The number of nitrogens with zero attached hydrogens (tertiary/aromatic N) is 1. The maximum atomic E-state index is 14.6. The number of hydrogen-bond donors (Lipinski definition) is 28. The largest absolute Gasteiger partial charge is 0.508 e. The van der Waals surface area contributed by atoms with Gasteiger partial charge in [-0.1, -0.05) is 64.4 Å². The maximum Gasteiger partial charge on any atom is 0.325 e. The van der Waals surface area contributed by atoms with E-state index < -0.39 is 303 Å². The molecule has 19 unspecified atom stereocenters. The number of aliphatic carboxylic acids is 4. The van der Waals surface area contributed by atoms with Crippen LogP contribution in [0, 0.1) is 11.8 Å². The highest BCUT2D eigenvalue weighted by molar-refractivity contribution is 7.98. The molecule has 2 aromatic carbocycles.